The second-order valence-electron chi connectivity index (χ2n) is 7.57. The quantitative estimate of drug-likeness (QED) is 0.835. The first-order valence-corrected chi connectivity index (χ1v) is 9.30. The smallest absolute Gasteiger partial charge is 0.278 e. The molecule has 1 aromatic carbocycles. The second-order valence-corrected chi connectivity index (χ2v) is 7.57. The van der Waals surface area contributed by atoms with E-state index in [0.29, 0.717) is 24.9 Å². The minimum Gasteiger partial charge on any atom is -0.504 e. The number of hydrogen-bond donors (Lipinski definition) is 2. The molecule has 0 saturated carbocycles. The fraction of sp³-hybridized carbons (Fsp3) is 0.500. The van der Waals surface area contributed by atoms with Gasteiger partial charge in [-0.3, -0.25) is 4.79 Å². The molecule has 2 aromatic rings. The van der Waals surface area contributed by atoms with Crippen molar-refractivity contribution in [3.05, 3.63) is 41.7 Å². The summed E-state index contributed by atoms with van der Waals surface area (Å²) in [6.07, 6.45) is 3.45. The van der Waals surface area contributed by atoms with Gasteiger partial charge in [-0.05, 0) is 49.3 Å². The Labute approximate surface area is 166 Å². The standard InChI is InChI=1S/C20H28N4O2.ClH/c1-13(2)15-6-8-17(9-7-15)24-12-18(25)19(22-24)20(26)23-10-4-5-16(11-23)14(3)21;/h6-9,12-14,16,25H,4-5,10-11,21H2,1-3H3;1H. The third-order valence-corrected chi connectivity index (χ3v) is 5.21. The van der Waals surface area contributed by atoms with E-state index in [1.165, 1.54) is 11.8 Å². The van der Waals surface area contributed by atoms with Crippen LogP contribution in [0.4, 0.5) is 0 Å². The molecular weight excluding hydrogens is 364 g/mol. The van der Waals surface area contributed by atoms with E-state index >= 15 is 0 Å². The molecule has 2 atom stereocenters. The van der Waals surface area contributed by atoms with Gasteiger partial charge >= 0.3 is 0 Å². The van der Waals surface area contributed by atoms with Crippen molar-refractivity contribution in [3.63, 3.8) is 0 Å². The van der Waals surface area contributed by atoms with Crippen molar-refractivity contribution in [2.45, 2.75) is 45.6 Å². The molecule has 3 rings (SSSR count). The number of hydrogen-bond acceptors (Lipinski definition) is 4. The second kappa shape index (κ2) is 8.76. The first-order chi connectivity index (χ1) is 12.4. The zero-order valence-corrected chi connectivity index (χ0v) is 16.9. The minimum atomic E-state index is -0.231. The molecule has 1 saturated heterocycles. The number of rotatable bonds is 4. The van der Waals surface area contributed by atoms with Crippen LogP contribution in [0.1, 0.15) is 55.6 Å². The third kappa shape index (κ3) is 4.62. The molecule has 148 valence electrons. The van der Waals surface area contributed by atoms with Crippen molar-refractivity contribution in [1.29, 1.82) is 0 Å². The lowest BCUT2D eigenvalue weighted by atomic mass is 9.92. The van der Waals surface area contributed by atoms with Gasteiger partial charge in [0, 0.05) is 19.1 Å². The number of nitrogens with two attached hydrogens (primary N) is 1. The number of benzene rings is 1. The third-order valence-electron chi connectivity index (χ3n) is 5.21. The highest BCUT2D eigenvalue weighted by molar-refractivity contribution is 5.95. The van der Waals surface area contributed by atoms with Gasteiger partial charge in [0.25, 0.3) is 5.91 Å². The molecule has 2 heterocycles. The van der Waals surface area contributed by atoms with Gasteiger partial charge in [-0.15, -0.1) is 12.4 Å². The molecule has 6 nitrogen and oxygen atoms in total. The fourth-order valence-corrected chi connectivity index (χ4v) is 3.43. The predicted molar refractivity (Wildman–Crippen MR) is 109 cm³/mol. The topological polar surface area (TPSA) is 84.4 Å². The first-order valence-electron chi connectivity index (χ1n) is 9.30. The van der Waals surface area contributed by atoms with E-state index in [2.05, 4.69) is 18.9 Å². The van der Waals surface area contributed by atoms with Gasteiger partial charge < -0.3 is 15.7 Å². The van der Waals surface area contributed by atoms with E-state index < -0.39 is 0 Å². The zero-order valence-electron chi connectivity index (χ0n) is 16.1. The van der Waals surface area contributed by atoms with Gasteiger partial charge in [-0.25, -0.2) is 4.68 Å². The van der Waals surface area contributed by atoms with Crippen molar-refractivity contribution in [1.82, 2.24) is 14.7 Å². The van der Waals surface area contributed by atoms with Crippen molar-refractivity contribution in [3.8, 4) is 11.4 Å². The van der Waals surface area contributed by atoms with E-state index in [-0.39, 0.29) is 35.8 Å². The fourth-order valence-electron chi connectivity index (χ4n) is 3.43. The minimum absolute atomic E-state index is 0. The summed E-state index contributed by atoms with van der Waals surface area (Å²) < 4.78 is 1.56. The normalized spacial score (nSPS) is 18.3. The number of piperidine rings is 1. The van der Waals surface area contributed by atoms with Crippen LogP contribution in [0.3, 0.4) is 0 Å². The van der Waals surface area contributed by atoms with Crippen LogP contribution in [0.25, 0.3) is 5.69 Å². The number of aromatic hydroxyl groups is 1. The van der Waals surface area contributed by atoms with Gasteiger partial charge in [0.2, 0.25) is 0 Å². The predicted octanol–water partition coefficient (Wildman–Crippen LogP) is 3.32. The molecule has 3 N–H and O–H groups in total. The summed E-state index contributed by atoms with van der Waals surface area (Å²) >= 11 is 0. The summed E-state index contributed by atoms with van der Waals surface area (Å²) in [6, 6.07) is 8.03. The van der Waals surface area contributed by atoms with Crippen LogP contribution in [0.2, 0.25) is 0 Å². The molecule has 0 bridgehead atoms. The molecule has 0 spiro atoms. The highest BCUT2D eigenvalue weighted by atomic mass is 35.5. The Hall–Kier alpha value is -2.05. The van der Waals surface area contributed by atoms with E-state index in [0.717, 1.165) is 18.5 Å². The Bertz CT molecular complexity index is 771. The van der Waals surface area contributed by atoms with Crippen molar-refractivity contribution < 1.29 is 9.90 Å². The first kappa shape index (κ1) is 21.3. The van der Waals surface area contributed by atoms with Gasteiger partial charge in [-0.2, -0.15) is 5.10 Å². The van der Waals surface area contributed by atoms with Gasteiger partial charge in [0.05, 0.1) is 11.9 Å². The van der Waals surface area contributed by atoms with Crippen LogP contribution >= 0.6 is 12.4 Å². The van der Waals surface area contributed by atoms with Crippen LogP contribution in [-0.2, 0) is 0 Å². The number of amides is 1. The number of halogens is 1. The molecule has 7 heteroatoms. The van der Waals surface area contributed by atoms with E-state index in [1.54, 1.807) is 9.58 Å². The summed E-state index contributed by atoms with van der Waals surface area (Å²) in [6.45, 7) is 7.55. The van der Waals surface area contributed by atoms with Crippen molar-refractivity contribution >= 4 is 18.3 Å². The van der Waals surface area contributed by atoms with Crippen LogP contribution in [0.5, 0.6) is 5.75 Å². The lowest BCUT2D eigenvalue weighted by Crippen LogP contribution is -2.45. The molecule has 1 aromatic heterocycles. The van der Waals surface area contributed by atoms with Crippen molar-refractivity contribution in [2.75, 3.05) is 13.1 Å². The highest BCUT2D eigenvalue weighted by Gasteiger charge is 2.29. The molecule has 1 aliphatic heterocycles. The monoisotopic (exact) mass is 392 g/mol. The lowest BCUT2D eigenvalue weighted by molar-refractivity contribution is 0.0651. The molecule has 0 aliphatic carbocycles. The van der Waals surface area contributed by atoms with Crippen LogP contribution in [0, 0.1) is 5.92 Å². The van der Waals surface area contributed by atoms with Gasteiger partial charge in [0.1, 0.15) is 0 Å². The molecule has 1 aliphatic rings. The van der Waals surface area contributed by atoms with E-state index in [1.807, 2.05) is 31.2 Å². The van der Waals surface area contributed by atoms with Crippen LogP contribution in [0.15, 0.2) is 30.5 Å². The summed E-state index contributed by atoms with van der Waals surface area (Å²) in [5.41, 5.74) is 8.15. The number of nitrogens with zero attached hydrogens (tertiary/aromatic N) is 3. The largest absolute Gasteiger partial charge is 0.504 e. The number of carbonyl (C=O) groups is 1. The summed E-state index contributed by atoms with van der Waals surface area (Å²) in [5.74, 6) is 0.418. The summed E-state index contributed by atoms with van der Waals surface area (Å²) in [4.78, 5) is 14.6. The van der Waals surface area contributed by atoms with Gasteiger partial charge in [-0.1, -0.05) is 26.0 Å². The Morgan fingerprint density at radius 1 is 1.26 bits per heavy atom. The van der Waals surface area contributed by atoms with E-state index in [4.69, 9.17) is 5.73 Å². The maximum absolute atomic E-state index is 12.8. The lowest BCUT2D eigenvalue weighted by Gasteiger charge is -2.34. The Balaban J connectivity index is 0.00000261. The number of carbonyl (C=O) groups excluding carboxylic acids is 1. The number of aromatic nitrogens is 2. The molecule has 27 heavy (non-hydrogen) atoms. The van der Waals surface area contributed by atoms with Crippen LogP contribution < -0.4 is 5.73 Å². The zero-order chi connectivity index (χ0) is 18.8. The highest BCUT2D eigenvalue weighted by Crippen LogP contribution is 2.25. The SMILES string of the molecule is CC(C)c1ccc(-n2cc(O)c(C(=O)N3CCCC(C(C)N)C3)n2)cc1.Cl. The average molecular weight is 393 g/mol. The number of likely N-dealkylation sites (tertiary alicyclic amines) is 1. The molecule has 2 unspecified atom stereocenters. The average Bonchev–Trinajstić information content (AvgIpc) is 3.03. The Morgan fingerprint density at radius 2 is 1.93 bits per heavy atom. The van der Waals surface area contributed by atoms with Crippen LogP contribution in [-0.4, -0.2) is 44.8 Å². The molecule has 0 radical (unpaired) electrons. The Kier molecular flexibility index (Phi) is 6.89. The van der Waals surface area contributed by atoms with Crippen molar-refractivity contribution in [2.24, 2.45) is 11.7 Å². The Morgan fingerprint density at radius 3 is 2.52 bits per heavy atom. The van der Waals surface area contributed by atoms with Gasteiger partial charge in [0.15, 0.2) is 11.4 Å². The van der Waals surface area contributed by atoms with E-state index in [9.17, 15) is 9.90 Å². The molecule has 1 amide bonds. The summed E-state index contributed by atoms with van der Waals surface area (Å²) in [5, 5.41) is 14.6. The molecular formula is C20H29ClN4O2. The maximum atomic E-state index is 12.8. The maximum Gasteiger partial charge on any atom is 0.278 e. The molecule has 1 fully saturated rings. The summed E-state index contributed by atoms with van der Waals surface area (Å²) in [7, 11) is 0.